The molecule has 2 unspecified atom stereocenters. The highest BCUT2D eigenvalue weighted by atomic mass is 32.2. The molecule has 1 aromatic carbocycles. The molecule has 0 saturated carbocycles. The summed E-state index contributed by atoms with van der Waals surface area (Å²) in [6.45, 7) is 0. The third kappa shape index (κ3) is 2.95. The molecule has 1 aromatic rings. The van der Waals surface area contributed by atoms with Crippen LogP contribution in [0.2, 0.25) is 0 Å². The maximum Gasteiger partial charge on any atom is 0.501 e. The first-order chi connectivity index (χ1) is 11.5. The van der Waals surface area contributed by atoms with Crippen molar-refractivity contribution in [1.29, 1.82) is 0 Å². The maximum atomic E-state index is 12.7. The number of hydrogen-bond acceptors (Lipinski definition) is 6. The predicted octanol–water partition coefficient (Wildman–Crippen LogP) is 2.38. The van der Waals surface area contributed by atoms with Crippen LogP contribution in [-0.4, -0.2) is 42.1 Å². The highest BCUT2D eigenvalue weighted by Gasteiger charge is 2.48. The number of sulfone groups is 1. The van der Waals surface area contributed by atoms with Crippen LogP contribution in [0.5, 0.6) is 0 Å². The first-order valence-electron chi connectivity index (χ1n) is 7.58. The molecule has 2 saturated heterocycles. The lowest BCUT2D eigenvalue weighted by molar-refractivity contribution is -0.384. The summed E-state index contributed by atoms with van der Waals surface area (Å²) in [6.07, 6.45) is 1.73. The minimum absolute atomic E-state index is 0.0884. The fourth-order valence-electron chi connectivity index (χ4n) is 3.71. The lowest BCUT2D eigenvalue weighted by Gasteiger charge is -2.38. The average Bonchev–Trinajstić information content (AvgIpc) is 2.77. The van der Waals surface area contributed by atoms with Crippen LogP contribution in [0.25, 0.3) is 0 Å². The second-order valence-corrected chi connectivity index (χ2v) is 8.22. The number of benzene rings is 1. The van der Waals surface area contributed by atoms with Crippen LogP contribution >= 0.6 is 0 Å². The molecule has 2 fully saturated rings. The molecular formula is C14H15F3N2O5S. The van der Waals surface area contributed by atoms with Gasteiger partial charge in [-0.15, -0.1) is 0 Å². The molecule has 0 spiro atoms. The third-order valence-corrected chi connectivity index (χ3v) is 6.23. The molecule has 11 heteroatoms. The highest BCUT2D eigenvalue weighted by molar-refractivity contribution is 7.92. The van der Waals surface area contributed by atoms with Crippen molar-refractivity contribution in [2.45, 2.75) is 54.3 Å². The molecule has 138 valence electrons. The number of hydrogen-bond donors (Lipinski definition) is 1. The number of alkyl halides is 3. The molecule has 3 rings (SSSR count). The van der Waals surface area contributed by atoms with Crippen molar-refractivity contribution in [2.75, 3.05) is 4.90 Å². The number of nitro benzene ring substituents is 1. The molecule has 2 bridgehead atoms. The molecular weight excluding hydrogens is 365 g/mol. The maximum absolute atomic E-state index is 12.7. The van der Waals surface area contributed by atoms with Gasteiger partial charge in [0.2, 0.25) is 0 Å². The second-order valence-electron chi connectivity index (χ2n) is 6.27. The molecule has 0 amide bonds. The Kier molecular flexibility index (Phi) is 4.18. The van der Waals surface area contributed by atoms with Crippen LogP contribution in [0, 0.1) is 10.1 Å². The van der Waals surface area contributed by atoms with Crippen LogP contribution in [-0.2, 0) is 9.84 Å². The van der Waals surface area contributed by atoms with E-state index in [9.17, 15) is 36.8 Å². The number of nitro groups is 1. The summed E-state index contributed by atoms with van der Waals surface area (Å²) >= 11 is 0. The second kappa shape index (κ2) is 5.84. The molecule has 2 aliphatic rings. The third-order valence-electron chi connectivity index (χ3n) is 4.74. The van der Waals surface area contributed by atoms with Crippen molar-refractivity contribution in [3.05, 3.63) is 28.3 Å². The monoisotopic (exact) mass is 380 g/mol. The van der Waals surface area contributed by atoms with Crippen LogP contribution in [0.15, 0.2) is 23.1 Å². The normalized spacial score (nSPS) is 26.7. The topological polar surface area (TPSA) is 101 Å². The van der Waals surface area contributed by atoms with E-state index in [-0.39, 0.29) is 17.8 Å². The standard InChI is InChI=1S/C14H15F3N2O5S/c15-14(16,17)25(23,24)11-3-4-12(13(7-11)19(21)22)18-8-1-2-9(18)6-10(20)5-8/h3-4,7-10,20H,1-2,5-6H2. The van der Waals surface area contributed by atoms with Gasteiger partial charge in [-0.1, -0.05) is 0 Å². The zero-order chi connectivity index (χ0) is 18.6. The van der Waals surface area contributed by atoms with Gasteiger partial charge in [-0.05, 0) is 37.8 Å². The van der Waals surface area contributed by atoms with Crippen LogP contribution < -0.4 is 4.90 Å². The van der Waals surface area contributed by atoms with Crippen molar-refractivity contribution >= 4 is 21.2 Å². The molecule has 25 heavy (non-hydrogen) atoms. The Morgan fingerprint density at radius 1 is 1.20 bits per heavy atom. The number of nitrogens with zero attached hydrogens (tertiary/aromatic N) is 2. The van der Waals surface area contributed by atoms with Crippen molar-refractivity contribution in [1.82, 2.24) is 0 Å². The summed E-state index contributed by atoms with van der Waals surface area (Å²) in [4.78, 5) is 11.0. The zero-order valence-corrected chi connectivity index (χ0v) is 13.6. The number of aliphatic hydroxyl groups is 1. The Hall–Kier alpha value is -1.88. The summed E-state index contributed by atoms with van der Waals surface area (Å²) < 4.78 is 61.1. The van der Waals surface area contributed by atoms with Gasteiger partial charge >= 0.3 is 5.51 Å². The number of anilines is 1. The SMILES string of the molecule is O=[N+]([O-])c1cc(S(=O)(=O)C(F)(F)F)ccc1N1C2CCC1CC(O)C2. The predicted molar refractivity (Wildman–Crippen MR) is 80.9 cm³/mol. The Labute approximate surface area is 141 Å². The smallest absolute Gasteiger partial charge is 0.393 e. The molecule has 2 heterocycles. The van der Waals surface area contributed by atoms with E-state index in [1.807, 2.05) is 0 Å². The molecule has 1 N–H and O–H groups in total. The molecule has 2 atom stereocenters. The van der Waals surface area contributed by atoms with E-state index in [1.54, 1.807) is 4.90 Å². The Balaban J connectivity index is 2.07. The van der Waals surface area contributed by atoms with Gasteiger partial charge in [-0.25, -0.2) is 8.42 Å². The Morgan fingerprint density at radius 2 is 1.76 bits per heavy atom. The van der Waals surface area contributed by atoms with Gasteiger partial charge in [0.15, 0.2) is 0 Å². The lowest BCUT2D eigenvalue weighted by Crippen LogP contribution is -2.45. The number of rotatable bonds is 3. The number of aliphatic hydroxyl groups excluding tert-OH is 1. The summed E-state index contributed by atoms with van der Waals surface area (Å²) in [7, 11) is -5.66. The van der Waals surface area contributed by atoms with Crippen molar-refractivity contribution in [3.63, 3.8) is 0 Å². The molecule has 2 aliphatic heterocycles. The average molecular weight is 380 g/mol. The van der Waals surface area contributed by atoms with Gasteiger partial charge in [0.1, 0.15) is 5.69 Å². The van der Waals surface area contributed by atoms with Crippen LogP contribution in [0.3, 0.4) is 0 Å². The van der Waals surface area contributed by atoms with Gasteiger partial charge in [0.05, 0.1) is 15.9 Å². The summed E-state index contributed by atoms with van der Waals surface area (Å²) in [5.74, 6) is 0. The summed E-state index contributed by atoms with van der Waals surface area (Å²) in [6, 6.07) is 1.95. The van der Waals surface area contributed by atoms with E-state index in [2.05, 4.69) is 0 Å². The minimum Gasteiger partial charge on any atom is -0.393 e. The van der Waals surface area contributed by atoms with E-state index in [0.717, 1.165) is 12.1 Å². The summed E-state index contributed by atoms with van der Waals surface area (Å²) in [5, 5.41) is 21.2. The quantitative estimate of drug-likeness (QED) is 0.638. The van der Waals surface area contributed by atoms with Gasteiger partial charge in [-0.3, -0.25) is 10.1 Å². The van der Waals surface area contributed by atoms with Crippen molar-refractivity contribution in [3.8, 4) is 0 Å². The minimum atomic E-state index is -5.66. The molecule has 0 aliphatic carbocycles. The number of piperidine rings is 1. The summed E-state index contributed by atoms with van der Waals surface area (Å²) in [5.41, 5.74) is -6.12. The highest BCUT2D eigenvalue weighted by Crippen LogP contribution is 2.44. The molecule has 7 nitrogen and oxygen atoms in total. The Morgan fingerprint density at radius 3 is 2.24 bits per heavy atom. The van der Waals surface area contributed by atoms with Gasteiger partial charge in [0.25, 0.3) is 15.5 Å². The van der Waals surface area contributed by atoms with E-state index < -0.39 is 37.0 Å². The lowest BCUT2D eigenvalue weighted by atomic mass is 9.98. The fraction of sp³-hybridized carbons (Fsp3) is 0.571. The van der Waals surface area contributed by atoms with Crippen molar-refractivity contribution < 1.29 is 31.6 Å². The number of halogens is 3. The van der Waals surface area contributed by atoms with E-state index in [0.29, 0.717) is 31.7 Å². The molecule has 0 aromatic heterocycles. The number of fused-ring (bicyclic) bond motifs is 2. The van der Waals surface area contributed by atoms with Gasteiger partial charge in [0, 0.05) is 18.2 Å². The van der Waals surface area contributed by atoms with Gasteiger partial charge < -0.3 is 10.0 Å². The Bertz CT molecular complexity index is 797. The largest absolute Gasteiger partial charge is 0.501 e. The first-order valence-corrected chi connectivity index (χ1v) is 9.07. The van der Waals surface area contributed by atoms with Crippen LogP contribution in [0.4, 0.5) is 24.5 Å². The van der Waals surface area contributed by atoms with E-state index >= 15 is 0 Å². The van der Waals surface area contributed by atoms with E-state index in [1.165, 1.54) is 0 Å². The van der Waals surface area contributed by atoms with Crippen molar-refractivity contribution in [2.24, 2.45) is 0 Å². The van der Waals surface area contributed by atoms with Crippen LogP contribution in [0.1, 0.15) is 25.7 Å². The fourth-order valence-corrected chi connectivity index (χ4v) is 4.49. The van der Waals surface area contributed by atoms with Gasteiger partial charge in [-0.2, -0.15) is 13.2 Å². The zero-order valence-electron chi connectivity index (χ0n) is 12.8. The first kappa shape index (κ1) is 17.9. The van der Waals surface area contributed by atoms with E-state index in [4.69, 9.17) is 0 Å². The molecule has 0 radical (unpaired) electrons.